The summed E-state index contributed by atoms with van der Waals surface area (Å²) in [5.41, 5.74) is 4.48. The van der Waals surface area contributed by atoms with Crippen molar-refractivity contribution in [2.75, 3.05) is 46.0 Å². The van der Waals surface area contributed by atoms with Gasteiger partial charge < -0.3 is 19.7 Å². The molecule has 0 aliphatic carbocycles. The van der Waals surface area contributed by atoms with Crippen LogP contribution in [0.15, 0.2) is 59.8 Å². The lowest BCUT2D eigenvalue weighted by Gasteiger charge is -2.34. The average Bonchev–Trinajstić information content (AvgIpc) is 2.92. The molecule has 2 aliphatic rings. The number of hydrogen-bond acceptors (Lipinski definition) is 6. The molecular formula is C30H37N3O5. The molecule has 0 bridgehead atoms. The van der Waals surface area contributed by atoms with Crippen molar-refractivity contribution in [3.8, 4) is 0 Å². The smallest absolute Gasteiger partial charge is 0.336 e. The summed E-state index contributed by atoms with van der Waals surface area (Å²) < 4.78 is 10.8. The third-order valence-corrected chi connectivity index (χ3v) is 7.15. The number of carbonyl (C=O) groups excluding carboxylic acids is 3. The van der Waals surface area contributed by atoms with Gasteiger partial charge >= 0.3 is 5.97 Å². The molecule has 202 valence electrons. The highest BCUT2D eigenvalue weighted by molar-refractivity contribution is 5.96. The Labute approximate surface area is 224 Å². The van der Waals surface area contributed by atoms with Gasteiger partial charge in [0.25, 0.3) is 5.91 Å². The number of ether oxygens (including phenoxy) is 2. The highest BCUT2D eigenvalue weighted by Crippen LogP contribution is 2.37. The SMILES string of the molecule is CCOC(=O)C1=C(C)N(Cc2cccc(C(=O)NCCN3CCOCC3)c2)C(=O)CC1c1ccc(C)cc1. The van der Waals surface area contributed by atoms with Gasteiger partial charge in [-0.25, -0.2) is 4.79 Å². The van der Waals surface area contributed by atoms with E-state index < -0.39 is 5.97 Å². The lowest BCUT2D eigenvalue weighted by Crippen LogP contribution is -2.41. The van der Waals surface area contributed by atoms with Crippen LogP contribution in [0.25, 0.3) is 0 Å². The fourth-order valence-corrected chi connectivity index (χ4v) is 5.01. The molecule has 0 radical (unpaired) electrons. The summed E-state index contributed by atoms with van der Waals surface area (Å²) in [4.78, 5) is 43.1. The fourth-order valence-electron chi connectivity index (χ4n) is 5.01. The molecule has 2 aromatic rings. The number of hydrogen-bond donors (Lipinski definition) is 1. The van der Waals surface area contributed by atoms with Crippen LogP contribution in [0.5, 0.6) is 0 Å². The number of morpholine rings is 1. The van der Waals surface area contributed by atoms with Gasteiger partial charge in [0.1, 0.15) is 0 Å². The number of nitrogens with one attached hydrogen (secondary N) is 1. The van der Waals surface area contributed by atoms with Gasteiger partial charge in [0, 0.05) is 49.8 Å². The largest absolute Gasteiger partial charge is 0.463 e. The molecular weight excluding hydrogens is 482 g/mol. The predicted octanol–water partition coefficient (Wildman–Crippen LogP) is 3.41. The number of esters is 1. The minimum absolute atomic E-state index is 0.0681. The predicted molar refractivity (Wildman–Crippen MR) is 144 cm³/mol. The van der Waals surface area contributed by atoms with Crippen LogP contribution in [0, 0.1) is 6.92 Å². The molecule has 2 aliphatic heterocycles. The van der Waals surface area contributed by atoms with Crippen molar-refractivity contribution in [3.63, 3.8) is 0 Å². The second-order valence-electron chi connectivity index (χ2n) is 9.78. The van der Waals surface area contributed by atoms with Gasteiger partial charge in [-0.2, -0.15) is 0 Å². The Morgan fingerprint density at radius 1 is 1.08 bits per heavy atom. The summed E-state index contributed by atoms with van der Waals surface area (Å²) in [6.07, 6.45) is 0.177. The van der Waals surface area contributed by atoms with Crippen molar-refractivity contribution >= 4 is 17.8 Å². The minimum atomic E-state index is -0.401. The summed E-state index contributed by atoms with van der Waals surface area (Å²) in [6, 6.07) is 15.2. The van der Waals surface area contributed by atoms with E-state index >= 15 is 0 Å². The highest BCUT2D eigenvalue weighted by Gasteiger charge is 2.36. The van der Waals surface area contributed by atoms with E-state index in [-0.39, 0.29) is 37.3 Å². The molecule has 1 N–H and O–H groups in total. The van der Waals surface area contributed by atoms with Gasteiger partial charge in [-0.1, -0.05) is 42.0 Å². The van der Waals surface area contributed by atoms with Crippen molar-refractivity contribution in [1.82, 2.24) is 15.1 Å². The van der Waals surface area contributed by atoms with E-state index in [2.05, 4.69) is 10.2 Å². The van der Waals surface area contributed by atoms with Gasteiger partial charge in [0.05, 0.1) is 31.9 Å². The molecule has 8 nitrogen and oxygen atoms in total. The molecule has 0 spiro atoms. The third-order valence-electron chi connectivity index (χ3n) is 7.15. The molecule has 2 aromatic carbocycles. The van der Waals surface area contributed by atoms with E-state index in [4.69, 9.17) is 9.47 Å². The van der Waals surface area contributed by atoms with Crippen LogP contribution in [0.1, 0.15) is 53.2 Å². The van der Waals surface area contributed by atoms with Gasteiger partial charge in [-0.3, -0.25) is 14.5 Å². The van der Waals surface area contributed by atoms with Crippen molar-refractivity contribution in [1.29, 1.82) is 0 Å². The van der Waals surface area contributed by atoms with Crippen LogP contribution in [0.3, 0.4) is 0 Å². The fraction of sp³-hybridized carbons (Fsp3) is 0.433. The molecule has 1 unspecified atom stereocenters. The first kappa shape index (κ1) is 27.5. The van der Waals surface area contributed by atoms with E-state index in [0.717, 1.165) is 49.5 Å². The quantitative estimate of drug-likeness (QED) is 0.511. The maximum absolute atomic E-state index is 13.3. The molecule has 8 heteroatoms. The van der Waals surface area contributed by atoms with Gasteiger partial charge in [0.2, 0.25) is 5.91 Å². The number of benzene rings is 2. The normalized spacial score (nSPS) is 18.4. The maximum Gasteiger partial charge on any atom is 0.336 e. The van der Waals surface area contributed by atoms with E-state index in [1.165, 1.54) is 0 Å². The number of nitrogens with zero attached hydrogens (tertiary/aromatic N) is 2. The van der Waals surface area contributed by atoms with Gasteiger partial charge in [0.15, 0.2) is 0 Å². The van der Waals surface area contributed by atoms with Gasteiger partial charge in [-0.05, 0) is 44.0 Å². The molecule has 0 aromatic heterocycles. The zero-order chi connectivity index (χ0) is 27.1. The molecule has 4 rings (SSSR count). The molecule has 0 saturated carbocycles. The van der Waals surface area contributed by atoms with Crippen molar-refractivity contribution in [2.24, 2.45) is 0 Å². The Morgan fingerprint density at radius 2 is 1.82 bits per heavy atom. The van der Waals surface area contributed by atoms with Crippen LogP contribution in [0.4, 0.5) is 0 Å². The lowest BCUT2D eigenvalue weighted by atomic mass is 9.83. The first-order valence-corrected chi connectivity index (χ1v) is 13.3. The summed E-state index contributed by atoms with van der Waals surface area (Å²) in [5.74, 6) is -0.978. The summed E-state index contributed by atoms with van der Waals surface area (Å²) in [5, 5.41) is 2.99. The first-order chi connectivity index (χ1) is 18.4. The minimum Gasteiger partial charge on any atom is -0.463 e. The number of carbonyl (C=O) groups is 3. The second kappa shape index (κ2) is 12.8. The van der Waals surface area contributed by atoms with E-state index in [9.17, 15) is 14.4 Å². The zero-order valence-corrected chi connectivity index (χ0v) is 22.5. The van der Waals surface area contributed by atoms with Crippen molar-refractivity contribution in [3.05, 3.63) is 82.1 Å². The Hall–Kier alpha value is -3.49. The monoisotopic (exact) mass is 519 g/mol. The maximum atomic E-state index is 13.3. The van der Waals surface area contributed by atoms with E-state index in [1.54, 1.807) is 30.9 Å². The summed E-state index contributed by atoms with van der Waals surface area (Å²) >= 11 is 0. The Bertz CT molecular complexity index is 1180. The molecule has 1 atom stereocenters. The van der Waals surface area contributed by atoms with E-state index in [1.807, 2.05) is 43.3 Å². The van der Waals surface area contributed by atoms with Crippen molar-refractivity contribution < 1.29 is 23.9 Å². The number of rotatable bonds is 9. The van der Waals surface area contributed by atoms with Gasteiger partial charge in [-0.15, -0.1) is 0 Å². The standard InChI is InChI=1S/C30H37N3O5/c1-4-38-30(36)28-22(3)33(27(34)19-26(28)24-10-8-21(2)9-11-24)20-23-6-5-7-25(18-23)29(35)31-12-13-32-14-16-37-17-15-32/h5-11,18,26H,4,12-17,19-20H2,1-3H3,(H,31,35). The Morgan fingerprint density at radius 3 is 2.53 bits per heavy atom. The molecule has 2 heterocycles. The van der Waals surface area contributed by atoms with Crippen LogP contribution < -0.4 is 5.32 Å². The number of allylic oxidation sites excluding steroid dienone is 1. The molecule has 1 fully saturated rings. The first-order valence-electron chi connectivity index (χ1n) is 13.3. The van der Waals surface area contributed by atoms with Crippen LogP contribution in [-0.2, 0) is 25.6 Å². The lowest BCUT2D eigenvalue weighted by molar-refractivity contribution is -0.140. The number of aryl methyl sites for hydroxylation is 1. The highest BCUT2D eigenvalue weighted by atomic mass is 16.5. The molecule has 38 heavy (non-hydrogen) atoms. The summed E-state index contributed by atoms with van der Waals surface area (Å²) in [7, 11) is 0. The summed E-state index contributed by atoms with van der Waals surface area (Å²) in [6.45, 7) is 10.6. The zero-order valence-electron chi connectivity index (χ0n) is 22.5. The van der Waals surface area contributed by atoms with Crippen LogP contribution in [-0.4, -0.2) is 73.6 Å². The third kappa shape index (κ3) is 6.68. The van der Waals surface area contributed by atoms with E-state index in [0.29, 0.717) is 23.4 Å². The molecule has 2 amide bonds. The average molecular weight is 520 g/mol. The molecule has 1 saturated heterocycles. The van der Waals surface area contributed by atoms with Crippen molar-refractivity contribution in [2.45, 2.75) is 39.7 Å². The van der Waals surface area contributed by atoms with Crippen LogP contribution >= 0.6 is 0 Å². The topological polar surface area (TPSA) is 88.2 Å². The van der Waals surface area contributed by atoms with Crippen LogP contribution in [0.2, 0.25) is 0 Å². The number of amides is 2. The Balaban J connectivity index is 1.50. The Kier molecular flexibility index (Phi) is 9.31. The second-order valence-corrected chi connectivity index (χ2v) is 9.78.